The van der Waals surface area contributed by atoms with E-state index in [2.05, 4.69) is 4.98 Å². The zero-order valence-corrected chi connectivity index (χ0v) is 15.0. The number of aryl methyl sites for hydroxylation is 1. The van der Waals surface area contributed by atoms with Crippen molar-refractivity contribution in [3.63, 3.8) is 0 Å². The monoisotopic (exact) mass is 371 g/mol. The van der Waals surface area contributed by atoms with Crippen LogP contribution in [0.5, 0.6) is 0 Å². The number of hydrogen-bond donors (Lipinski definition) is 2. The Morgan fingerprint density at radius 1 is 1.30 bits per heavy atom. The van der Waals surface area contributed by atoms with E-state index in [-0.39, 0.29) is 23.9 Å². The smallest absolute Gasteiger partial charge is 0.335 e. The van der Waals surface area contributed by atoms with E-state index in [1.54, 1.807) is 30.0 Å². The molecule has 2 heterocycles. The highest BCUT2D eigenvalue weighted by atomic mass is 16.4. The molecule has 2 N–H and O–H groups in total. The minimum absolute atomic E-state index is 0.113. The predicted molar refractivity (Wildman–Crippen MR) is 97.9 cm³/mol. The summed E-state index contributed by atoms with van der Waals surface area (Å²) in [5.41, 5.74) is 0.515. The summed E-state index contributed by atoms with van der Waals surface area (Å²) in [5.74, 6) is -0.890. The number of likely N-dealkylation sites (tertiary alicyclic amines) is 1. The molecule has 0 bridgehead atoms. The van der Waals surface area contributed by atoms with E-state index in [0.29, 0.717) is 25.1 Å². The second kappa shape index (κ2) is 7.61. The molecule has 1 aliphatic heterocycles. The van der Waals surface area contributed by atoms with Gasteiger partial charge in [0.25, 0.3) is 5.56 Å². The van der Waals surface area contributed by atoms with Gasteiger partial charge in [-0.15, -0.1) is 0 Å². The summed E-state index contributed by atoms with van der Waals surface area (Å²) in [4.78, 5) is 50.7. The summed E-state index contributed by atoms with van der Waals surface area (Å²) < 4.78 is 1.21. The van der Waals surface area contributed by atoms with Crippen LogP contribution in [0.2, 0.25) is 0 Å². The zero-order chi connectivity index (χ0) is 19.6. The Labute approximate surface area is 155 Å². The van der Waals surface area contributed by atoms with Crippen molar-refractivity contribution in [2.24, 2.45) is 5.92 Å². The van der Waals surface area contributed by atoms with E-state index in [9.17, 15) is 19.2 Å². The molecule has 1 aromatic carbocycles. The van der Waals surface area contributed by atoms with E-state index in [1.165, 1.54) is 10.8 Å². The summed E-state index contributed by atoms with van der Waals surface area (Å²) in [6.45, 7) is 2.63. The lowest BCUT2D eigenvalue weighted by Gasteiger charge is -2.17. The second-order valence-corrected chi connectivity index (χ2v) is 6.90. The topological polar surface area (TPSA) is 112 Å². The van der Waals surface area contributed by atoms with Crippen molar-refractivity contribution in [1.82, 2.24) is 14.5 Å². The first-order valence-electron chi connectivity index (χ1n) is 8.74. The Hall–Kier alpha value is -3.16. The lowest BCUT2D eigenvalue weighted by Crippen LogP contribution is -2.38. The first-order valence-corrected chi connectivity index (χ1v) is 8.74. The van der Waals surface area contributed by atoms with Gasteiger partial charge in [-0.05, 0) is 43.4 Å². The van der Waals surface area contributed by atoms with Gasteiger partial charge in [0.15, 0.2) is 0 Å². The number of aromatic amines is 1. The largest absolute Gasteiger partial charge is 0.478 e. The average Bonchev–Trinajstić information content (AvgIpc) is 3.08. The molecule has 2 aromatic rings. The van der Waals surface area contributed by atoms with Gasteiger partial charge < -0.3 is 10.0 Å². The molecule has 1 aliphatic rings. The fraction of sp³-hybridized carbons (Fsp3) is 0.368. The van der Waals surface area contributed by atoms with Gasteiger partial charge in [-0.3, -0.25) is 19.1 Å². The molecule has 0 unspecified atom stereocenters. The van der Waals surface area contributed by atoms with Gasteiger partial charge in [-0.1, -0.05) is 12.1 Å². The third-order valence-corrected chi connectivity index (χ3v) is 4.83. The van der Waals surface area contributed by atoms with Crippen molar-refractivity contribution in [1.29, 1.82) is 0 Å². The number of aromatic nitrogens is 2. The number of H-pyrrole nitrogens is 1. The summed E-state index contributed by atoms with van der Waals surface area (Å²) in [6, 6.07) is 6.83. The molecule has 142 valence electrons. The van der Waals surface area contributed by atoms with Crippen LogP contribution in [0.25, 0.3) is 0 Å². The van der Waals surface area contributed by atoms with Crippen LogP contribution in [0.4, 0.5) is 0 Å². The maximum Gasteiger partial charge on any atom is 0.335 e. The van der Waals surface area contributed by atoms with Crippen molar-refractivity contribution in [3.8, 4) is 0 Å². The van der Waals surface area contributed by atoms with E-state index >= 15 is 0 Å². The Morgan fingerprint density at radius 2 is 2.07 bits per heavy atom. The first kappa shape index (κ1) is 18.6. The van der Waals surface area contributed by atoms with Gasteiger partial charge in [-0.2, -0.15) is 0 Å². The third kappa shape index (κ3) is 4.33. The molecular formula is C19H21N3O5. The van der Waals surface area contributed by atoms with Crippen molar-refractivity contribution in [2.45, 2.75) is 26.3 Å². The van der Waals surface area contributed by atoms with E-state index in [4.69, 9.17) is 5.11 Å². The van der Waals surface area contributed by atoms with Gasteiger partial charge in [0.1, 0.15) is 6.54 Å². The highest BCUT2D eigenvalue weighted by Gasteiger charge is 2.26. The summed E-state index contributed by atoms with van der Waals surface area (Å²) in [5, 5.41) is 9.08. The van der Waals surface area contributed by atoms with Crippen molar-refractivity contribution in [2.75, 3.05) is 13.1 Å². The number of nitrogens with zero attached hydrogens (tertiary/aromatic N) is 2. The molecule has 0 radical (unpaired) electrons. The van der Waals surface area contributed by atoms with E-state index in [1.807, 2.05) is 6.07 Å². The fourth-order valence-corrected chi connectivity index (χ4v) is 3.37. The second-order valence-electron chi connectivity index (χ2n) is 6.90. The van der Waals surface area contributed by atoms with Crippen LogP contribution in [-0.2, 0) is 17.8 Å². The van der Waals surface area contributed by atoms with Gasteiger partial charge in [-0.25, -0.2) is 9.59 Å². The third-order valence-electron chi connectivity index (χ3n) is 4.83. The van der Waals surface area contributed by atoms with Crippen LogP contribution < -0.4 is 11.2 Å². The number of aromatic carboxylic acids is 1. The van der Waals surface area contributed by atoms with Crippen LogP contribution in [-0.4, -0.2) is 44.5 Å². The van der Waals surface area contributed by atoms with Crippen molar-refractivity contribution < 1.29 is 14.7 Å². The predicted octanol–water partition coefficient (Wildman–Crippen LogP) is 0.634. The lowest BCUT2D eigenvalue weighted by atomic mass is 9.97. The maximum atomic E-state index is 12.5. The number of carboxylic acids is 1. The Bertz CT molecular complexity index is 991. The van der Waals surface area contributed by atoms with Crippen LogP contribution in [0.3, 0.4) is 0 Å². The summed E-state index contributed by atoms with van der Waals surface area (Å²) in [7, 11) is 0. The molecule has 1 amide bonds. The molecule has 1 fully saturated rings. The number of hydrogen-bond acceptors (Lipinski definition) is 4. The standard InChI is InChI=1S/C19H21N3O5/c1-12-9-22(19(27)20-17(12)24)11-16(23)21-6-5-14(10-21)7-13-3-2-4-15(8-13)18(25)26/h2-4,8-9,14H,5-7,10-11H2,1H3,(H,25,26)(H,20,24,27)/t14-/m0/s1. The van der Waals surface area contributed by atoms with E-state index < -0.39 is 17.2 Å². The molecule has 8 nitrogen and oxygen atoms in total. The number of nitrogens with one attached hydrogen (secondary N) is 1. The molecule has 0 spiro atoms. The fourth-order valence-electron chi connectivity index (χ4n) is 3.37. The molecule has 1 atom stereocenters. The Balaban J connectivity index is 1.62. The van der Waals surface area contributed by atoms with Crippen LogP contribution in [0.15, 0.2) is 40.1 Å². The number of carboxylic acid groups (broad SMARTS) is 1. The normalized spacial score (nSPS) is 16.5. The summed E-state index contributed by atoms with van der Waals surface area (Å²) in [6.07, 6.45) is 2.91. The minimum atomic E-state index is -0.957. The molecule has 3 rings (SSSR count). The minimum Gasteiger partial charge on any atom is -0.478 e. The van der Waals surface area contributed by atoms with E-state index in [0.717, 1.165) is 12.0 Å². The summed E-state index contributed by atoms with van der Waals surface area (Å²) >= 11 is 0. The molecule has 8 heteroatoms. The average molecular weight is 371 g/mol. The Morgan fingerprint density at radius 3 is 2.81 bits per heavy atom. The molecule has 0 aliphatic carbocycles. The van der Waals surface area contributed by atoms with Crippen molar-refractivity contribution in [3.05, 3.63) is 68.0 Å². The first-order chi connectivity index (χ1) is 12.8. The highest BCUT2D eigenvalue weighted by Crippen LogP contribution is 2.21. The van der Waals surface area contributed by atoms with Crippen LogP contribution in [0, 0.1) is 12.8 Å². The SMILES string of the molecule is Cc1cn(CC(=O)N2CC[C@@H](Cc3cccc(C(=O)O)c3)C2)c(=O)[nH]c1=O. The zero-order valence-electron chi connectivity index (χ0n) is 15.0. The highest BCUT2D eigenvalue weighted by molar-refractivity contribution is 5.87. The quantitative estimate of drug-likeness (QED) is 0.801. The number of rotatable bonds is 5. The van der Waals surface area contributed by atoms with Gasteiger partial charge in [0.2, 0.25) is 5.91 Å². The molecule has 27 heavy (non-hydrogen) atoms. The number of benzene rings is 1. The lowest BCUT2D eigenvalue weighted by molar-refractivity contribution is -0.131. The molecular weight excluding hydrogens is 350 g/mol. The van der Waals surface area contributed by atoms with Crippen molar-refractivity contribution >= 4 is 11.9 Å². The van der Waals surface area contributed by atoms with Crippen LogP contribution in [0.1, 0.15) is 27.9 Å². The maximum absolute atomic E-state index is 12.5. The molecule has 0 saturated carbocycles. The number of carbonyl (C=O) groups excluding carboxylic acids is 1. The number of amides is 1. The number of carbonyl (C=O) groups is 2. The molecule has 1 aromatic heterocycles. The Kier molecular flexibility index (Phi) is 5.25. The van der Waals surface area contributed by atoms with Gasteiger partial charge in [0.05, 0.1) is 5.56 Å². The van der Waals surface area contributed by atoms with Gasteiger partial charge in [0, 0.05) is 24.8 Å². The molecule has 1 saturated heterocycles. The van der Waals surface area contributed by atoms with Crippen LogP contribution >= 0.6 is 0 Å². The van der Waals surface area contributed by atoms with Gasteiger partial charge >= 0.3 is 11.7 Å².